The van der Waals surface area contributed by atoms with Gasteiger partial charge in [0.1, 0.15) is 5.82 Å². The predicted molar refractivity (Wildman–Crippen MR) is 80.3 cm³/mol. The number of halogens is 1. The molecule has 1 fully saturated rings. The first-order chi connectivity index (χ1) is 9.72. The van der Waals surface area contributed by atoms with Crippen LogP contribution in [0.1, 0.15) is 57.1 Å². The zero-order chi connectivity index (χ0) is 14.4. The molecule has 0 saturated heterocycles. The maximum absolute atomic E-state index is 13.6. The van der Waals surface area contributed by atoms with Crippen LogP contribution in [0.2, 0.25) is 0 Å². The molecule has 3 heteroatoms. The lowest BCUT2D eigenvalue weighted by Gasteiger charge is -2.40. The molecule has 2 rings (SSSR count). The number of methoxy groups -OCH3 is 1. The highest BCUT2D eigenvalue weighted by atomic mass is 19.1. The number of hydrogen-bond donors (Lipinski definition) is 1. The monoisotopic (exact) mass is 279 g/mol. The Kier molecular flexibility index (Phi) is 5.55. The number of rotatable bonds is 5. The molecule has 20 heavy (non-hydrogen) atoms. The molecule has 1 aromatic carbocycles. The van der Waals surface area contributed by atoms with E-state index in [1.807, 2.05) is 6.07 Å². The standard InChI is InChI=1S/C17H26FNO/c1-3-19-16(14-9-8-10-15(18)13-14)17(20-2)11-6-4-5-7-12-17/h8-10,13,16,19H,3-7,11-12H2,1-2H3. The molecule has 1 aromatic rings. The summed E-state index contributed by atoms with van der Waals surface area (Å²) in [5.41, 5.74) is 0.788. The molecule has 1 aliphatic rings. The van der Waals surface area contributed by atoms with E-state index < -0.39 is 0 Å². The van der Waals surface area contributed by atoms with Gasteiger partial charge < -0.3 is 10.1 Å². The largest absolute Gasteiger partial charge is 0.376 e. The topological polar surface area (TPSA) is 21.3 Å². The molecule has 0 radical (unpaired) electrons. The maximum atomic E-state index is 13.6. The van der Waals surface area contributed by atoms with Crippen LogP contribution >= 0.6 is 0 Å². The molecular formula is C17H26FNO. The van der Waals surface area contributed by atoms with Crippen molar-refractivity contribution in [2.45, 2.75) is 57.1 Å². The number of likely N-dealkylation sites (N-methyl/N-ethyl adjacent to an activating group) is 1. The summed E-state index contributed by atoms with van der Waals surface area (Å²) in [6.45, 7) is 2.94. The van der Waals surface area contributed by atoms with E-state index in [1.54, 1.807) is 19.2 Å². The van der Waals surface area contributed by atoms with Gasteiger partial charge in [-0.1, -0.05) is 44.7 Å². The van der Waals surface area contributed by atoms with Crippen LogP contribution in [0.15, 0.2) is 24.3 Å². The lowest BCUT2D eigenvalue weighted by Crippen LogP contribution is -2.45. The quantitative estimate of drug-likeness (QED) is 0.815. The average molecular weight is 279 g/mol. The van der Waals surface area contributed by atoms with Crippen LogP contribution in [0.4, 0.5) is 4.39 Å². The summed E-state index contributed by atoms with van der Waals surface area (Å²) >= 11 is 0. The molecule has 1 atom stereocenters. The molecule has 1 saturated carbocycles. The summed E-state index contributed by atoms with van der Waals surface area (Å²) in [5.74, 6) is -0.176. The minimum absolute atomic E-state index is 0.0614. The van der Waals surface area contributed by atoms with Crippen molar-refractivity contribution >= 4 is 0 Å². The van der Waals surface area contributed by atoms with Crippen molar-refractivity contribution in [3.63, 3.8) is 0 Å². The molecular weight excluding hydrogens is 253 g/mol. The molecule has 0 aliphatic heterocycles. The maximum Gasteiger partial charge on any atom is 0.123 e. The third-order valence-electron chi connectivity index (χ3n) is 4.47. The van der Waals surface area contributed by atoms with Crippen molar-refractivity contribution < 1.29 is 9.13 Å². The first-order valence-electron chi connectivity index (χ1n) is 7.76. The zero-order valence-electron chi connectivity index (χ0n) is 12.6. The van der Waals surface area contributed by atoms with E-state index in [0.717, 1.165) is 24.9 Å². The smallest absolute Gasteiger partial charge is 0.123 e. The molecule has 1 aliphatic carbocycles. The van der Waals surface area contributed by atoms with Gasteiger partial charge in [0.15, 0.2) is 0 Å². The zero-order valence-corrected chi connectivity index (χ0v) is 12.6. The highest BCUT2D eigenvalue weighted by Crippen LogP contribution is 2.40. The average Bonchev–Trinajstić information content (AvgIpc) is 2.71. The van der Waals surface area contributed by atoms with Gasteiger partial charge in [-0.2, -0.15) is 0 Å². The predicted octanol–water partition coefficient (Wildman–Crippen LogP) is 4.22. The third-order valence-corrected chi connectivity index (χ3v) is 4.47. The van der Waals surface area contributed by atoms with E-state index in [-0.39, 0.29) is 17.5 Å². The van der Waals surface area contributed by atoms with Gasteiger partial charge in [0.05, 0.1) is 11.6 Å². The Morgan fingerprint density at radius 2 is 1.95 bits per heavy atom. The summed E-state index contributed by atoms with van der Waals surface area (Å²) in [4.78, 5) is 0. The highest BCUT2D eigenvalue weighted by Gasteiger charge is 2.39. The lowest BCUT2D eigenvalue weighted by atomic mass is 9.82. The van der Waals surface area contributed by atoms with Gasteiger partial charge in [0.25, 0.3) is 0 Å². The van der Waals surface area contributed by atoms with E-state index in [1.165, 1.54) is 31.7 Å². The van der Waals surface area contributed by atoms with Crippen molar-refractivity contribution in [1.29, 1.82) is 0 Å². The minimum atomic E-state index is -0.208. The van der Waals surface area contributed by atoms with Gasteiger partial charge in [0.2, 0.25) is 0 Å². The number of benzene rings is 1. The van der Waals surface area contributed by atoms with Gasteiger partial charge in [-0.15, -0.1) is 0 Å². The van der Waals surface area contributed by atoms with Crippen molar-refractivity contribution in [3.8, 4) is 0 Å². The Morgan fingerprint density at radius 3 is 2.50 bits per heavy atom. The molecule has 112 valence electrons. The van der Waals surface area contributed by atoms with E-state index in [4.69, 9.17) is 4.74 Å². The van der Waals surface area contributed by atoms with Crippen LogP contribution in [0.3, 0.4) is 0 Å². The van der Waals surface area contributed by atoms with Crippen LogP contribution in [-0.4, -0.2) is 19.3 Å². The number of hydrogen-bond acceptors (Lipinski definition) is 2. The lowest BCUT2D eigenvalue weighted by molar-refractivity contribution is -0.0537. The second kappa shape index (κ2) is 7.19. The van der Waals surface area contributed by atoms with Gasteiger partial charge in [-0.3, -0.25) is 0 Å². The molecule has 0 bridgehead atoms. The minimum Gasteiger partial charge on any atom is -0.376 e. The van der Waals surface area contributed by atoms with Crippen molar-refractivity contribution in [1.82, 2.24) is 5.32 Å². The first-order valence-corrected chi connectivity index (χ1v) is 7.76. The summed E-state index contributed by atoms with van der Waals surface area (Å²) in [5, 5.41) is 3.52. The summed E-state index contributed by atoms with van der Waals surface area (Å²) in [6.07, 6.45) is 6.99. The van der Waals surface area contributed by atoms with E-state index in [0.29, 0.717) is 0 Å². The second-order valence-electron chi connectivity index (χ2n) is 5.73. The van der Waals surface area contributed by atoms with Gasteiger partial charge in [0, 0.05) is 7.11 Å². The summed E-state index contributed by atoms with van der Waals surface area (Å²) in [6, 6.07) is 6.99. The van der Waals surface area contributed by atoms with Gasteiger partial charge in [-0.25, -0.2) is 4.39 Å². The molecule has 0 aromatic heterocycles. The normalized spacial score (nSPS) is 20.4. The first kappa shape index (κ1) is 15.5. The van der Waals surface area contributed by atoms with E-state index in [2.05, 4.69) is 12.2 Å². The van der Waals surface area contributed by atoms with Crippen LogP contribution in [-0.2, 0) is 4.74 Å². The Morgan fingerprint density at radius 1 is 1.25 bits per heavy atom. The van der Waals surface area contributed by atoms with Gasteiger partial charge >= 0.3 is 0 Å². The van der Waals surface area contributed by atoms with Crippen molar-refractivity contribution in [2.75, 3.05) is 13.7 Å². The van der Waals surface area contributed by atoms with E-state index in [9.17, 15) is 4.39 Å². The van der Waals surface area contributed by atoms with Crippen LogP contribution < -0.4 is 5.32 Å². The number of nitrogens with one attached hydrogen (secondary N) is 1. The third kappa shape index (κ3) is 3.39. The summed E-state index contributed by atoms with van der Waals surface area (Å²) in [7, 11) is 1.80. The van der Waals surface area contributed by atoms with Crippen LogP contribution in [0.5, 0.6) is 0 Å². The van der Waals surface area contributed by atoms with Crippen LogP contribution in [0, 0.1) is 5.82 Å². The summed E-state index contributed by atoms with van der Waals surface area (Å²) < 4.78 is 19.6. The SMILES string of the molecule is CCNC(c1cccc(F)c1)C1(OC)CCCCCC1. The fourth-order valence-corrected chi connectivity index (χ4v) is 3.44. The van der Waals surface area contributed by atoms with Crippen LogP contribution in [0.25, 0.3) is 0 Å². The second-order valence-corrected chi connectivity index (χ2v) is 5.73. The Hall–Kier alpha value is -0.930. The molecule has 1 unspecified atom stereocenters. The van der Waals surface area contributed by atoms with Crippen molar-refractivity contribution in [2.24, 2.45) is 0 Å². The van der Waals surface area contributed by atoms with Crippen molar-refractivity contribution in [3.05, 3.63) is 35.6 Å². The fourth-order valence-electron chi connectivity index (χ4n) is 3.44. The Bertz CT molecular complexity index is 413. The molecule has 2 nitrogen and oxygen atoms in total. The Labute approximate surface area is 121 Å². The fraction of sp³-hybridized carbons (Fsp3) is 0.647. The van der Waals surface area contributed by atoms with Gasteiger partial charge in [-0.05, 0) is 37.1 Å². The Balaban J connectivity index is 2.33. The highest BCUT2D eigenvalue weighted by molar-refractivity contribution is 5.23. The number of ether oxygens (including phenoxy) is 1. The molecule has 0 spiro atoms. The molecule has 0 amide bonds. The molecule has 0 heterocycles. The van der Waals surface area contributed by atoms with E-state index >= 15 is 0 Å². The molecule has 1 N–H and O–H groups in total.